The molecular formula is C8H15NOS. The molecule has 64 valence electrons. The Bertz CT molecular complexity index is 149. The van der Waals surface area contributed by atoms with Crippen molar-refractivity contribution in [3.05, 3.63) is 0 Å². The lowest BCUT2D eigenvalue weighted by Gasteiger charge is -2.27. The van der Waals surface area contributed by atoms with E-state index in [-0.39, 0.29) is 5.25 Å². The number of nitrogens with zero attached hydrogens (tertiary/aromatic N) is 1. The SMILES string of the molecule is CCSC1CN(C)CCC1=O. The zero-order valence-corrected chi connectivity index (χ0v) is 7.99. The fraction of sp³-hybridized carbons (Fsp3) is 0.875. The zero-order chi connectivity index (χ0) is 8.27. The van der Waals surface area contributed by atoms with E-state index >= 15 is 0 Å². The van der Waals surface area contributed by atoms with Crippen LogP contribution < -0.4 is 0 Å². The molecule has 0 aromatic rings. The molecule has 0 saturated carbocycles. The summed E-state index contributed by atoms with van der Waals surface area (Å²) in [6.07, 6.45) is 0.744. The smallest absolute Gasteiger partial charge is 0.148 e. The topological polar surface area (TPSA) is 20.3 Å². The van der Waals surface area contributed by atoms with Crippen molar-refractivity contribution in [3.63, 3.8) is 0 Å². The third-order valence-corrected chi connectivity index (χ3v) is 3.09. The number of hydrogen-bond donors (Lipinski definition) is 0. The molecule has 0 spiro atoms. The Kier molecular flexibility index (Phi) is 3.40. The molecule has 11 heavy (non-hydrogen) atoms. The summed E-state index contributed by atoms with van der Waals surface area (Å²) >= 11 is 1.77. The van der Waals surface area contributed by atoms with Crippen molar-refractivity contribution in [1.29, 1.82) is 0 Å². The van der Waals surface area contributed by atoms with Gasteiger partial charge in [-0.2, -0.15) is 0 Å². The van der Waals surface area contributed by atoms with Crippen LogP contribution in [0.2, 0.25) is 0 Å². The van der Waals surface area contributed by atoms with Crippen molar-refractivity contribution in [1.82, 2.24) is 4.90 Å². The van der Waals surface area contributed by atoms with Crippen LogP contribution in [-0.2, 0) is 4.79 Å². The van der Waals surface area contributed by atoms with Gasteiger partial charge in [-0.05, 0) is 12.8 Å². The van der Waals surface area contributed by atoms with Crippen LogP contribution in [0.5, 0.6) is 0 Å². The maximum absolute atomic E-state index is 11.3. The minimum atomic E-state index is 0.249. The van der Waals surface area contributed by atoms with E-state index in [1.807, 2.05) is 0 Å². The number of piperidine rings is 1. The standard InChI is InChI=1S/C8H15NOS/c1-3-11-8-6-9(2)5-4-7(8)10/h8H,3-6H2,1-2H3. The summed E-state index contributed by atoms with van der Waals surface area (Å²) in [7, 11) is 2.08. The van der Waals surface area contributed by atoms with Crippen LogP contribution in [0, 0.1) is 0 Å². The monoisotopic (exact) mass is 173 g/mol. The number of Topliss-reactive ketones (excluding diaryl/α,β-unsaturated/α-hetero) is 1. The predicted molar refractivity (Wildman–Crippen MR) is 49.0 cm³/mol. The Morgan fingerprint density at radius 2 is 2.45 bits per heavy atom. The highest BCUT2D eigenvalue weighted by Gasteiger charge is 2.24. The van der Waals surface area contributed by atoms with Crippen molar-refractivity contribution in [2.24, 2.45) is 0 Å². The van der Waals surface area contributed by atoms with Gasteiger partial charge in [0.1, 0.15) is 5.78 Å². The average molecular weight is 173 g/mol. The number of thioether (sulfide) groups is 1. The largest absolute Gasteiger partial charge is 0.304 e. The van der Waals surface area contributed by atoms with Gasteiger partial charge < -0.3 is 4.90 Å². The summed E-state index contributed by atoms with van der Waals surface area (Å²) in [5.41, 5.74) is 0. The summed E-state index contributed by atoms with van der Waals surface area (Å²) in [4.78, 5) is 13.5. The Hall–Kier alpha value is -0.0200. The van der Waals surface area contributed by atoms with E-state index in [4.69, 9.17) is 0 Å². The molecule has 0 amide bonds. The lowest BCUT2D eigenvalue weighted by Crippen LogP contribution is -2.40. The van der Waals surface area contributed by atoms with Crippen LogP contribution in [0.3, 0.4) is 0 Å². The molecule has 2 nitrogen and oxygen atoms in total. The molecule has 1 saturated heterocycles. The number of ketones is 1. The van der Waals surface area contributed by atoms with E-state index in [9.17, 15) is 4.79 Å². The number of carbonyl (C=O) groups is 1. The minimum Gasteiger partial charge on any atom is -0.304 e. The molecular weight excluding hydrogens is 158 g/mol. The highest BCUT2D eigenvalue weighted by Crippen LogP contribution is 2.18. The van der Waals surface area contributed by atoms with Gasteiger partial charge in [0.15, 0.2) is 0 Å². The predicted octanol–water partition coefficient (Wildman–Crippen LogP) is 1.01. The third kappa shape index (κ3) is 2.49. The molecule has 0 aromatic heterocycles. The van der Waals surface area contributed by atoms with E-state index in [2.05, 4.69) is 18.9 Å². The van der Waals surface area contributed by atoms with E-state index in [0.29, 0.717) is 5.78 Å². The Balaban J connectivity index is 2.40. The highest BCUT2D eigenvalue weighted by molar-refractivity contribution is 8.00. The molecule has 1 heterocycles. The molecule has 1 fully saturated rings. The summed E-state index contributed by atoms with van der Waals surface area (Å²) in [5, 5.41) is 0.249. The maximum atomic E-state index is 11.3. The van der Waals surface area contributed by atoms with Crippen LogP contribution in [0.15, 0.2) is 0 Å². The first kappa shape index (κ1) is 9.07. The van der Waals surface area contributed by atoms with E-state index in [1.54, 1.807) is 11.8 Å². The molecule has 1 aliphatic heterocycles. The van der Waals surface area contributed by atoms with Gasteiger partial charge in [0, 0.05) is 19.5 Å². The van der Waals surface area contributed by atoms with Crippen molar-refractivity contribution in [2.75, 3.05) is 25.9 Å². The maximum Gasteiger partial charge on any atom is 0.148 e. The Morgan fingerprint density at radius 1 is 1.73 bits per heavy atom. The van der Waals surface area contributed by atoms with Gasteiger partial charge in [0.25, 0.3) is 0 Å². The molecule has 0 N–H and O–H groups in total. The molecule has 0 aromatic carbocycles. The number of rotatable bonds is 2. The molecule has 0 bridgehead atoms. The second-order valence-corrected chi connectivity index (χ2v) is 4.40. The second kappa shape index (κ2) is 4.12. The lowest BCUT2D eigenvalue weighted by atomic mass is 10.1. The first-order valence-corrected chi connectivity index (χ1v) is 5.11. The van der Waals surface area contributed by atoms with Gasteiger partial charge in [0.2, 0.25) is 0 Å². The van der Waals surface area contributed by atoms with Crippen LogP contribution >= 0.6 is 11.8 Å². The molecule has 3 heteroatoms. The third-order valence-electron chi connectivity index (χ3n) is 1.94. The zero-order valence-electron chi connectivity index (χ0n) is 7.17. The Labute approximate surface area is 72.3 Å². The number of carbonyl (C=O) groups excluding carboxylic acids is 1. The molecule has 1 unspecified atom stereocenters. The highest BCUT2D eigenvalue weighted by atomic mass is 32.2. The van der Waals surface area contributed by atoms with Crippen LogP contribution in [0.4, 0.5) is 0 Å². The van der Waals surface area contributed by atoms with Crippen molar-refractivity contribution >= 4 is 17.5 Å². The van der Waals surface area contributed by atoms with Gasteiger partial charge in [-0.3, -0.25) is 4.79 Å². The van der Waals surface area contributed by atoms with E-state index in [0.717, 1.165) is 25.3 Å². The normalized spacial score (nSPS) is 27.5. The fourth-order valence-electron chi connectivity index (χ4n) is 1.29. The summed E-state index contributed by atoms with van der Waals surface area (Å²) in [6.45, 7) is 3.99. The number of likely N-dealkylation sites (tertiary alicyclic amines) is 1. The van der Waals surface area contributed by atoms with Gasteiger partial charge in [-0.1, -0.05) is 6.92 Å². The van der Waals surface area contributed by atoms with Gasteiger partial charge in [0.05, 0.1) is 5.25 Å². The van der Waals surface area contributed by atoms with E-state index in [1.165, 1.54) is 0 Å². The molecule has 1 aliphatic rings. The average Bonchev–Trinajstić information content (AvgIpc) is 1.98. The first-order chi connectivity index (χ1) is 5.24. The van der Waals surface area contributed by atoms with Gasteiger partial charge >= 0.3 is 0 Å². The minimum absolute atomic E-state index is 0.249. The molecule has 1 atom stereocenters. The van der Waals surface area contributed by atoms with Crippen LogP contribution in [0.25, 0.3) is 0 Å². The van der Waals surface area contributed by atoms with Gasteiger partial charge in [-0.25, -0.2) is 0 Å². The summed E-state index contributed by atoms with van der Waals surface area (Å²) < 4.78 is 0. The summed E-state index contributed by atoms with van der Waals surface area (Å²) in [6, 6.07) is 0. The van der Waals surface area contributed by atoms with Gasteiger partial charge in [-0.15, -0.1) is 11.8 Å². The Morgan fingerprint density at radius 3 is 3.09 bits per heavy atom. The molecule has 0 aliphatic carbocycles. The quantitative estimate of drug-likeness (QED) is 0.621. The van der Waals surface area contributed by atoms with Crippen molar-refractivity contribution in [2.45, 2.75) is 18.6 Å². The van der Waals surface area contributed by atoms with Crippen LogP contribution in [0.1, 0.15) is 13.3 Å². The number of hydrogen-bond acceptors (Lipinski definition) is 3. The van der Waals surface area contributed by atoms with Crippen molar-refractivity contribution < 1.29 is 4.79 Å². The second-order valence-electron chi connectivity index (χ2n) is 2.92. The summed E-state index contributed by atoms with van der Waals surface area (Å²) in [5.74, 6) is 1.49. The van der Waals surface area contributed by atoms with Crippen LogP contribution in [-0.4, -0.2) is 41.8 Å². The molecule has 0 radical (unpaired) electrons. The molecule has 1 rings (SSSR count). The van der Waals surface area contributed by atoms with E-state index < -0.39 is 0 Å². The van der Waals surface area contributed by atoms with Crippen molar-refractivity contribution in [3.8, 4) is 0 Å². The first-order valence-electron chi connectivity index (χ1n) is 4.07. The lowest BCUT2D eigenvalue weighted by molar-refractivity contribution is -0.120. The fourth-order valence-corrected chi connectivity index (χ4v) is 2.35.